The van der Waals surface area contributed by atoms with Gasteiger partial charge in [0.05, 0.1) is 6.26 Å². The van der Waals surface area contributed by atoms with Crippen LogP contribution in [-0.4, -0.2) is 6.61 Å². The summed E-state index contributed by atoms with van der Waals surface area (Å²) >= 11 is 0. The topological polar surface area (TPSA) is 48.4 Å². The molecule has 0 aliphatic carbocycles. The summed E-state index contributed by atoms with van der Waals surface area (Å²) in [5.41, 5.74) is 6.54. The highest BCUT2D eigenvalue weighted by Gasteiger charge is 2.03. The van der Waals surface area contributed by atoms with Gasteiger partial charge in [-0.05, 0) is 18.9 Å². The van der Waals surface area contributed by atoms with Crippen molar-refractivity contribution in [1.29, 1.82) is 0 Å². The van der Waals surface area contributed by atoms with E-state index in [0.29, 0.717) is 13.2 Å². The molecule has 0 saturated heterocycles. The van der Waals surface area contributed by atoms with Gasteiger partial charge in [0, 0.05) is 18.7 Å². The molecule has 2 N–H and O–H groups in total. The molecule has 0 aromatic carbocycles. The second kappa shape index (κ2) is 6.40. The minimum absolute atomic E-state index is 0.502. The monoisotopic (exact) mass is 195 g/mol. The standard InChI is InChI=1S/C11H17NO2/c1-2-3-4-6-13-9-11-10(8-12)5-7-14-11/h2,5,7H,1,3-4,6,8-9,12H2. The van der Waals surface area contributed by atoms with Crippen LogP contribution in [0.25, 0.3) is 0 Å². The van der Waals surface area contributed by atoms with E-state index in [4.69, 9.17) is 14.9 Å². The summed E-state index contributed by atoms with van der Waals surface area (Å²) in [7, 11) is 0. The second-order valence-electron chi connectivity index (χ2n) is 3.06. The minimum atomic E-state index is 0.502. The number of rotatable bonds is 7. The first-order valence-corrected chi connectivity index (χ1v) is 4.82. The van der Waals surface area contributed by atoms with Crippen molar-refractivity contribution in [1.82, 2.24) is 0 Å². The largest absolute Gasteiger partial charge is 0.467 e. The van der Waals surface area contributed by atoms with E-state index in [1.54, 1.807) is 6.26 Å². The van der Waals surface area contributed by atoms with Crippen molar-refractivity contribution in [3.63, 3.8) is 0 Å². The van der Waals surface area contributed by atoms with Crippen molar-refractivity contribution in [2.24, 2.45) is 5.73 Å². The number of furan rings is 1. The zero-order chi connectivity index (χ0) is 10.2. The first-order chi connectivity index (χ1) is 6.88. The number of ether oxygens (including phenoxy) is 1. The van der Waals surface area contributed by atoms with Crippen LogP contribution in [-0.2, 0) is 17.9 Å². The molecule has 0 spiro atoms. The minimum Gasteiger partial charge on any atom is -0.467 e. The van der Waals surface area contributed by atoms with Gasteiger partial charge in [-0.1, -0.05) is 6.08 Å². The summed E-state index contributed by atoms with van der Waals surface area (Å²) in [5.74, 6) is 0.839. The normalized spacial score (nSPS) is 10.4. The number of allylic oxidation sites excluding steroid dienone is 1. The smallest absolute Gasteiger partial charge is 0.133 e. The van der Waals surface area contributed by atoms with E-state index >= 15 is 0 Å². The van der Waals surface area contributed by atoms with Crippen LogP contribution in [0, 0.1) is 0 Å². The van der Waals surface area contributed by atoms with E-state index in [1.807, 2.05) is 12.1 Å². The SMILES string of the molecule is C=CCCCOCc1occc1CN. The molecular weight excluding hydrogens is 178 g/mol. The molecule has 0 aliphatic heterocycles. The van der Waals surface area contributed by atoms with E-state index in [0.717, 1.165) is 30.8 Å². The van der Waals surface area contributed by atoms with E-state index in [2.05, 4.69) is 6.58 Å². The fourth-order valence-corrected chi connectivity index (χ4v) is 1.17. The molecular formula is C11H17NO2. The van der Waals surface area contributed by atoms with Gasteiger partial charge < -0.3 is 14.9 Å². The Hall–Kier alpha value is -1.06. The van der Waals surface area contributed by atoms with Gasteiger partial charge in [-0.2, -0.15) is 0 Å². The Morgan fingerprint density at radius 3 is 3.14 bits per heavy atom. The predicted molar refractivity (Wildman–Crippen MR) is 55.7 cm³/mol. The van der Waals surface area contributed by atoms with Crippen LogP contribution < -0.4 is 5.73 Å². The zero-order valence-electron chi connectivity index (χ0n) is 8.37. The van der Waals surface area contributed by atoms with E-state index in [-0.39, 0.29) is 0 Å². The third-order valence-corrected chi connectivity index (χ3v) is 1.99. The Balaban J connectivity index is 2.20. The van der Waals surface area contributed by atoms with Crippen LogP contribution in [0.4, 0.5) is 0 Å². The van der Waals surface area contributed by atoms with Gasteiger partial charge in [0.15, 0.2) is 0 Å². The highest BCUT2D eigenvalue weighted by molar-refractivity contribution is 5.15. The van der Waals surface area contributed by atoms with Gasteiger partial charge in [0.2, 0.25) is 0 Å². The van der Waals surface area contributed by atoms with Gasteiger partial charge in [-0.15, -0.1) is 6.58 Å². The maximum Gasteiger partial charge on any atom is 0.133 e. The molecule has 1 rings (SSSR count). The molecule has 78 valence electrons. The molecule has 0 atom stereocenters. The van der Waals surface area contributed by atoms with Crippen LogP contribution >= 0.6 is 0 Å². The van der Waals surface area contributed by atoms with Crippen LogP contribution in [0.5, 0.6) is 0 Å². The first kappa shape index (κ1) is 11.0. The van der Waals surface area contributed by atoms with Gasteiger partial charge >= 0.3 is 0 Å². The Kier molecular flexibility index (Phi) is 5.04. The molecule has 0 saturated carbocycles. The Labute approximate surface area is 84.5 Å². The van der Waals surface area contributed by atoms with Crippen LogP contribution in [0.1, 0.15) is 24.2 Å². The first-order valence-electron chi connectivity index (χ1n) is 4.82. The summed E-state index contributed by atoms with van der Waals surface area (Å²) in [4.78, 5) is 0. The molecule has 0 bridgehead atoms. The van der Waals surface area contributed by atoms with Crippen molar-refractivity contribution < 1.29 is 9.15 Å². The number of hydrogen-bond acceptors (Lipinski definition) is 3. The Morgan fingerprint density at radius 2 is 2.43 bits per heavy atom. The summed E-state index contributed by atoms with van der Waals surface area (Å²) < 4.78 is 10.7. The summed E-state index contributed by atoms with van der Waals surface area (Å²) in [6, 6.07) is 1.88. The lowest BCUT2D eigenvalue weighted by atomic mass is 10.2. The molecule has 0 unspecified atom stereocenters. The lowest BCUT2D eigenvalue weighted by Gasteiger charge is -2.02. The summed E-state index contributed by atoms with van der Waals surface area (Å²) in [6.45, 7) is 5.39. The number of hydrogen-bond donors (Lipinski definition) is 1. The van der Waals surface area contributed by atoms with E-state index in [9.17, 15) is 0 Å². The summed E-state index contributed by atoms with van der Waals surface area (Å²) in [6.07, 6.45) is 5.52. The van der Waals surface area contributed by atoms with Crippen molar-refractivity contribution >= 4 is 0 Å². The maximum absolute atomic E-state index is 5.52. The summed E-state index contributed by atoms with van der Waals surface area (Å²) in [5, 5.41) is 0. The molecule has 1 heterocycles. The van der Waals surface area contributed by atoms with Gasteiger partial charge in [-0.25, -0.2) is 0 Å². The lowest BCUT2D eigenvalue weighted by Crippen LogP contribution is -2.01. The zero-order valence-corrected chi connectivity index (χ0v) is 8.37. The van der Waals surface area contributed by atoms with Crippen molar-refractivity contribution in [3.05, 3.63) is 36.3 Å². The van der Waals surface area contributed by atoms with Gasteiger partial charge in [-0.3, -0.25) is 0 Å². The lowest BCUT2D eigenvalue weighted by molar-refractivity contribution is 0.104. The van der Waals surface area contributed by atoms with Crippen molar-refractivity contribution in [3.8, 4) is 0 Å². The number of unbranched alkanes of at least 4 members (excludes halogenated alkanes) is 1. The quantitative estimate of drug-likeness (QED) is 0.536. The molecule has 3 nitrogen and oxygen atoms in total. The fraction of sp³-hybridized carbons (Fsp3) is 0.455. The average Bonchev–Trinajstić information content (AvgIpc) is 2.65. The van der Waals surface area contributed by atoms with E-state index < -0.39 is 0 Å². The van der Waals surface area contributed by atoms with Crippen LogP contribution in [0.15, 0.2) is 29.4 Å². The van der Waals surface area contributed by atoms with Gasteiger partial charge in [0.25, 0.3) is 0 Å². The maximum atomic E-state index is 5.52. The highest BCUT2D eigenvalue weighted by Crippen LogP contribution is 2.10. The predicted octanol–water partition coefficient (Wildman–Crippen LogP) is 2.22. The molecule has 0 radical (unpaired) electrons. The molecule has 0 fully saturated rings. The molecule has 3 heteroatoms. The molecule has 1 aromatic rings. The second-order valence-corrected chi connectivity index (χ2v) is 3.06. The van der Waals surface area contributed by atoms with Gasteiger partial charge in [0.1, 0.15) is 12.4 Å². The van der Waals surface area contributed by atoms with E-state index in [1.165, 1.54) is 0 Å². The van der Waals surface area contributed by atoms with Crippen LogP contribution in [0.3, 0.4) is 0 Å². The molecule has 1 aromatic heterocycles. The third kappa shape index (κ3) is 3.36. The Morgan fingerprint density at radius 1 is 1.57 bits per heavy atom. The molecule has 0 aliphatic rings. The molecule has 14 heavy (non-hydrogen) atoms. The highest BCUT2D eigenvalue weighted by atomic mass is 16.5. The average molecular weight is 195 g/mol. The molecule has 0 amide bonds. The third-order valence-electron chi connectivity index (χ3n) is 1.99. The van der Waals surface area contributed by atoms with Crippen LogP contribution in [0.2, 0.25) is 0 Å². The fourth-order valence-electron chi connectivity index (χ4n) is 1.17. The van der Waals surface area contributed by atoms with Crippen molar-refractivity contribution in [2.45, 2.75) is 26.0 Å². The Bertz CT molecular complexity index is 268. The van der Waals surface area contributed by atoms with Crippen molar-refractivity contribution in [2.75, 3.05) is 6.61 Å². The number of nitrogens with two attached hydrogens (primary N) is 1.